The van der Waals surface area contributed by atoms with Crippen molar-refractivity contribution < 1.29 is 4.79 Å². The van der Waals surface area contributed by atoms with Crippen LogP contribution in [0.25, 0.3) is 0 Å². The number of carbonyl (C=O) groups is 1. The third-order valence-corrected chi connectivity index (χ3v) is 2.33. The van der Waals surface area contributed by atoms with Crippen LogP contribution in [0.1, 0.15) is 27.7 Å². The van der Waals surface area contributed by atoms with Gasteiger partial charge < -0.3 is 0 Å². The zero-order valence-corrected chi connectivity index (χ0v) is 8.89. The Morgan fingerprint density at radius 2 is 2.25 bits per heavy atom. The minimum absolute atomic E-state index is 0.149. The molecule has 0 aliphatic rings. The van der Waals surface area contributed by atoms with Gasteiger partial charge in [-0.05, 0) is 30.7 Å². The summed E-state index contributed by atoms with van der Waals surface area (Å²) in [4.78, 5) is 10.7. The summed E-state index contributed by atoms with van der Waals surface area (Å²) in [5.41, 5.74) is 1.61. The largest absolute Gasteiger partial charge is 0.298 e. The number of carbonyl (C=O) groups excluding carboxylic acids is 1. The lowest BCUT2D eigenvalue weighted by Gasteiger charge is -2.06. The van der Waals surface area contributed by atoms with Gasteiger partial charge in [-0.2, -0.15) is 0 Å². The molecule has 0 radical (unpaired) electrons. The predicted molar refractivity (Wildman–Crippen MR) is 54.2 cm³/mol. The smallest absolute Gasteiger partial charge is 0.150 e. The molecule has 64 valence electrons. The molecular weight excluding hydrogens is 239 g/mol. The highest BCUT2D eigenvalue weighted by Gasteiger charge is 2.06. The second kappa shape index (κ2) is 4.06. The van der Waals surface area contributed by atoms with E-state index in [9.17, 15) is 4.79 Å². The molecule has 0 saturated heterocycles. The standard InChI is InChI=1S/C9H8BrClO/c1-6(10)9-4-8(11)3-2-7(9)5-12/h2-6H,1H3. The van der Waals surface area contributed by atoms with Crippen molar-refractivity contribution in [3.63, 3.8) is 0 Å². The van der Waals surface area contributed by atoms with Crippen LogP contribution in [0.2, 0.25) is 5.02 Å². The normalized spacial score (nSPS) is 12.6. The molecule has 1 aromatic carbocycles. The molecule has 0 heterocycles. The SMILES string of the molecule is CC(Br)c1cc(Cl)ccc1C=O. The van der Waals surface area contributed by atoms with Crippen LogP contribution in [0, 0.1) is 0 Å². The van der Waals surface area contributed by atoms with Crippen LogP contribution in [-0.2, 0) is 0 Å². The fourth-order valence-electron chi connectivity index (χ4n) is 0.997. The Morgan fingerprint density at radius 3 is 2.75 bits per heavy atom. The van der Waals surface area contributed by atoms with Crippen molar-refractivity contribution in [3.8, 4) is 0 Å². The summed E-state index contributed by atoms with van der Waals surface area (Å²) in [6, 6.07) is 5.23. The quantitative estimate of drug-likeness (QED) is 0.576. The van der Waals surface area contributed by atoms with E-state index in [1.807, 2.05) is 6.92 Å². The van der Waals surface area contributed by atoms with Gasteiger partial charge in [-0.15, -0.1) is 0 Å². The van der Waals surface area contributed by atoms with E-state index in [-0.39, 0.29) is 4.83 Å². The van der Waals surface area contributed by atoms with E-state index >= 15 is 0 Å². The number of aldehydes is 1. The van der Waals surface area contributed by atoms with Gasteiger partial charge >= 0.3 is 0 Å². The molecule has 0 aliphatic carbocycles. The minimum Gasteiger partial charge on any atom is -0.298 e. The maximum absolute atomic E-state index is 10.6. The lowest BCUT2D eigenvalue weighted by molar-refractivity contribution is 0.112. The summed E-state index contributed by atoms with van der Waals surface area (Å²) in [5, 5.41) is 0.655. The van der Waals surface area contributed by atoms with Crippen LogP contribution in [0.4, 0.5) is 0 Å². The van der Waals surface area contributed by atoms with Crippen molar-refractivity contribution in [1.82, 2.24) is 0 Å². The molecule has 1 aromatic rings. The van der Waals surface area contributed by atoms with Gasteiger partial charge in [0.1, 0.15) is 6.29 Å². The number of rotatable bonds is 2. The molecule has 3 heteroatoms. The van der Waals surface area contributed by atoms with Crippen LogP contribution in [0.3, 0.4) is 0 Å². The van der Waals surface area contributed by atoms with E-state index in [2.05, 4.69) is 15.9 Å². The van der Waals surface area contributed by atoms with Gasteiger partial charge in [0.25, 0.3) is 0 Å². The first-order chi connectivity index (χ1) is 5.65. The van der Waals surface area contributed by atoms with Gasteiger partial charge in [-0.25, -0.2) is 0 Å². The molecule has 12 heavy (non-hydrogen) atoms. The Balaban J connectivity index is 3.21. The first kappa shape index (κ1) is 9.75. The lowest BCUT2D eigenvalue weighted by Crippen LogP contribution is -1.92. The third kappa shape index (κ3) is 2.08. The summed E-state index contributed by atoms with van der Waals surface area (Å²) in [7, 11) is 0. The first-order valence-electron chi connectivity index (χ1n) is 3.54. The van der Waals surface area contributed by atoms with E-state index in [1.54, 1.807) is 18.2 Å². The minimum atomic E-state index is 0.149. The van der Waals surface area contributed by atoms with Crippen molar-refractivity contribution in [2.75, 3.05) is 0 Å². The number of alkyl halides is 1. The average Bonchev–Trinajstić information content (AvgIpc) is 2.04. The van der Waals surface area contributed by atoms with Gasteiger partial charge in [0.05, 0.1) is 0 Å². The Hall–Kier alpha value is -0.340. The van der Waals surface area contributed by atoms with E-state index in [1.165, 1.54) is 0 Å². The van der Waals surface area contributed by atoms with Crippen molar-refractivity contribution in [2.45, 2.75) is 11.8 Å². The molecule has 0 spiro atoms. The first-order valence-corrected chi connectivity index (χ1v) is 4.83. The number of hydrogen-bond donors (Lipinski definition) is 0. The number of halogens is 2. The van der Waals surface area contributed by atoms with Gasteiger partial charge in [0, 0.05) is 15.4 Å². The van der Waals surface area contributed by atoms with Gasteiger partial charge in [-0.3, -0.25) is 4.79 Å². The topological polar surface area (TPSA) is 17.1 Å². The van der Waals surface area contributed by atoms with Gasteiger partial charge in [0.2, 0.25) is 0 Å². The van der Waals surface area contributed by atoms with Crippen molar-refractivity contribution in [2.24, 2.45) is 0 Å². The van der Waals surface area contributed by atoms with Crippen molar-refractivity contribution in [3.05, 3.63) is 34.3 Å². The maximum atomic E-state index is 10.6. The number of benzene rings is 1. The maximum Gasteiger partial charge on any atom is 0.150 e. The molecule has 0 bridgehead atoms. The molecule has 0 amide bonds. The highest BCUT2D eigenvalue weighted by molar-refractivity contribution is 9.09. The summed E-state index contributed by atoms with van der Waals surface area (Å²) in [6.45, 7) is 1.96. The summed E-state index contributed by atoms with van der Waals surface area (Å²) < 4.78 is 0. The zero-order chi connectivity index (χ0) is 9.14. The van der Waals surface area contributed by atoms with E-state index in [0.717, 1.165) is 11.8 Å². The average molecular weight is 248 g/mol. The molecule has 0 N–H and O–H groups in total. The molecule has 1 atom stereocenters. The Bertz CT molecular complexity index is 297. The fourth-order valence-corrected chi connectivity index (χ4v) is 1.57. The Kier molecular flexibility index (Phi) is 3.29. The molecule has 1 rings (SSSR count). The summed E-state index contributed by atoms with van der Waals surface area (Å²) >= 11 is 9.17. The summed E-state index contributed by atoms with van der Waals surface area (Å²) in [5.74, 6) is 0. The second-order valence-corrected chi connectivity index (χ2v) is 4.32. The zero-order valence-electron chi connectivity index (χ0n) is 6.55. The van der Waals surface area contributed by atoms with Gasteiger partial charge in [-0.1, -0.05) is 27.5 Å². The van der Waals surface area contributed by atoms with Crippen LogP contribution in [0.15, 0.2) is 18.2 Å². The Labute approximate surface area is 84.9 Å². The molecule has 0 saturated carbocycles. The molecule has 1 nitrogen and oxygen atoms in total. The van der Waals surface area contributed by atoms with Crippen LogP contribution >= 0.6 is 27.5 Å². The highest BCUT2D eigenvalue weighted by atomic mass is 79.9. The van der Waals surface area contributed by atoms with Crippen molar-refractivity contribution >= 4 is 33.8 Å². The fraction of sp³-hybridized carbons (Fsp3) is 0.222. The summed E-state index contributed by atoms with van der Waals surface area (Å²) in [6.07, 6.45) is 0.837. The molecule has 0 aromatic heterocycles. The number of hydrogen-bond acceptors (Lipinski definition) is 1. The van der Waals surface area contributed by atoms with E-state index in [0.29, 0.717) is 10.6 Å². The predicted octanol–water partition coefficient (Wildman–Crippen LogP) is 3.61. The third-order valence-electron chi connectivity index (χ3n) is 1.60. The molecular formula is C9H8BrClO. The highest BCUT2D eigenvalue weighted by Crippen LogP contribution is 2.26. The van der Waals surface area contributed by atoms with E-state index < -0.39 is 0 Å². The van der Waals surface area contributed by atoms with Gasteiger partial charge in [0.15, 0.2) is 0 Å². The molecule has 1 unspecified atom stereocenters. The monoisotopic (exact) mass is 246 g/mol. The van der Waals surface area contributed by atoms with Crippen molar-refractivity contribution in [1.29, 1.82) is 0 Å². The Morgan fingerprint density at radius 1 is 1.58 bits per heavy atom. The van der Waals surface area contributed by atoms with E-state index in [4.69, 9.17) is 11.6 Å². The molecule has 0 aliphatic heterocycles. The van der Waals surface area contributed by atoms with Crippen LogP contribution < -0.4 is 0 Å². The second-order valence-electron chi connectivity index (χ2n) is 2.51. The molecule has 0 fully saturated rings. The lowest BCUT2D eigenvalue weighted by atomic mass is 10.1. The van der Waals surface area contributed by atoms with Crippen LogP contribution in [0.5, 0.6) is 0 Å². The van der Waals surface area contributed by atoms with Crippen LogP contribution in [-0.4, -0.2) is 6.29 Å².